The number of aromatic nitrogens is 2. The molecule has 0 bridgehead atoms. The van der Waals surface area contributed by atoms with Gasteiger partial charge in [-0.3, -0.25) is 0 Å². The third-order valence-electron chi connectivity index (χ3n) is 4.24. The van der Waals surface area contributed by atoms with Gasteiger partial charge in [-0.15, -0.1) is 0 Å². The first kappa shape index (κ1) is 15.5. The number of hydrogen-bond acceptors (Lipinski definition) is 2. The molecule has 1 N–H and O–H groups in total. The van der Waals surface area contributed by atoms with E-state index in [1.807, 2.05) is 29.8 Å². The molecule has 0 amide bonds. The van der Waals surface area contributed by atoms with Crippen molar-refractivity contribution >= 4 is 29.0 Å². The molecule has 0 saturated carbocycles. The van der Waals surface area contributed by atoms with Gasteiger partial charge >= 0.3 is 0 Å². The Hall–Kier alpha value is -2.04. The number of nitrogens with zero attached hydrogens (tertiary/aromatic N) is 2. The summed E-state index contributed by atoms with van der Waals surface area (Å²) in [5.41, 5.74) is 4.58. The summed E-state index contributed by atoms with van der Waals surface area (Å²) >= 11 is 12.4. The molecular weight excluding hydrogens is 348 g/mol. The van der Waals surface area contributed by atoms with Crippen molar-refractivity contribution in [2.24, 2.45) is 0 Å². The third-order valence-corrected chi connectivity index (χ3v) is 4.78. The van der Waals surface area contributed by atoms with Crippen LogP contribution in [0.2, 0.25) is 10.0 Å². The fourth-order valence-corrected chi connectivity index (χ4v) is 3.48. The van der Waals surface area contributed by atoms with Gasteiger partial charge in [0.2, 0.25) is 0 Å². The Morgan fingerprint density at radius 3 is 2.79 bits per heavy atom. The number of hydrogen-bond donors (Lipinski definition) is 1. The van der Waals surface area contributed by atoms with Gasteiger partial charge in [-0.1, -0.05) is 29.3 Å². The molecule has 0 saturated heterocycles. The van der Waals surface area contributed by atoms with Crippen molar-refractivity contribution in [3.05, 3.63) is 63.4 Å². The number of benzene rings is 2. The summed E-state index contributed by atoms with van der Waals surface area (Å²) in [4.78, 5) is 0. The van der Waals surface area contributed by atoms with Crippen LogP contribution in [-0.2, 0) is 6.42 Å². The second-order valence-electron chi connectivity index (χ2n) is 5.82. The molecule has 3 nitrogen and oxygen atoms in total. The molecule has 1 aliphatic rings. The van der Waals surface area contributed by atoms with Crippen LogP contribution in [0.25, 0.3) is 16.9 Å². The Morgan fingerprint density at radius 2 is 2.00 bits per heavy atom. The highest BCUT2D eigenvalue weighted by Gasteiger charge is 2.25. The van der Waals surface area contributed by atoms with E-state index in [2.05, 4.69) is 5.32 Å². The average molecular weight is 362 g/mol. The zero-order chi connectivity index (χ0) is 16.8. The second-order valence-corrected chi connectivity index (χ2v) is 6.66. The molecule has 122 valence electrons. The van der Waals surface area contributed by atoms with Gasteiger partial charge in [-0.05, 0) is 49.2 Å². The van der Waals surface area contributed by atoms with Crippen molar-refractivity contribution in [3.63, 3.8) is 0 Å². The molecular formula is C18H14Cl2FN3. The molecule has 0 aliphatic carbocycles. The van der Waals surface area contributed by atoms with Crippen molar-refractivity contribution in [3.8, 4) is 16.9 Å². The van der Waals surface area contributed by atoms with E-state index in [1.54, 1.807) is 6.07 Å². The molecule has 0 spiro atoms. The van der Waals surface area contributed by atoms with Crippen LogP contribution in [0.15, 0.2) is 36.4 Å². The smallest absolute Gasteiger partial charge is 0.133 e. The molecule has 1 aromatic heterocycles. The molecule has 0 radical (unpaired) electrons. The van der Waals surface area contributed by atoms with Crippen molar-refractivity contribution in [2.45, 2.75) is 13.3 Å². The van der Waals surface area contributed by atoms with E-state index >= 15 is 0 Å². The highest BCUT2D eigenvalue weighted by Crippen LogP contribution is 2.38. The summed E-state index contributed by atoms with van der Waals surface area (Å²) in [7, 11) is 0. The fourth-order valence-electron chi connectivity index (χ4n) is 3.06. The lowest BCUT2D eigenvalue weighted by molar-refractivity contribution is 0.628. The fraction of sp³-hybridized carbons (Fsp3) is 0.167. The predicted molar refractivity (Wildman–Crippen MR) is 95.9 cm³/mol. The molecule has 0 fully saturated rings. The molecule has 0 atom stereocenters. The van der Waals surface area contributed by atoms with Crippen LogP contribution < -0.4 is 5.32 Å². The van der Waals surface area contributed by atoms with Crippen LogP contribution in [-0.4, -0.2) is 16.3 Å². The first-order valence-electron chi connectivity index (χ1n) is 7.62. The Morgan fingerprint density at radius 1 is 1.17 bits per heavy atom. The number of nitrogens with one attached hydrogen (secondary N) is 1. The quantitative estimate of drug-likeness (QED) is 0.674. The van der Waals surface area contributed by atoms with E-state index < -0.39 is 0 Å². The monoisotopic (exact) mass is 361 g/mol. The van der Waals surface area contributed by atoms with Gasteiger partial charge in [0.05, 0.1) is 16.4 Å². The van der Waals surface area contributed by atoms with Crippen LogP contribution in [0.4, 0.5) is 10.2 Å². The van der Waals surface area contributed by atoms with Crippen LogP contribution in [0.3, 0.4) is 0 Å². The summed E-state index contributed by atoms with van der Waals surface area (Å²) in [6, 6.07) is 10.1. The number of rotatable bonds is 2. The largest absolute Gasteiger partial charge is 0.369 e. The van der Waals surface area contributed by atoms with Crippen molar-refractivity contribution in [1.29, 1.82) is 0 Å². The van der Waals surface area contributed by atoms with Gasteiger partial charge in [0, 0.05) is 22.7 Å². The molecule has 6 heteroatoms. The first-order valence-corrected chi connectivity index (χ1v) is 8.38. The minimum Gasteiger partial charge on any atom is -0.369 e. The maximum absolute atomic E-state index is 13.4. The van der Waals surface area contributed by atoms with Crippen molar-refractivity contribution in [2.75, 3.05) is 11.9 Å². The van der Waals surface area contributed by atoms with Crippen LogP contribution in [0.1, 0.15) is 11.1 Å². The summed E-state index contributed by atoms with van der Waals surface area (Å²) in [5, 5.41) is 9.14. The third kappa shape index (κ3) is 2.46. The minimum absolute atomic E-state index is 0.358. The molecule has 1 aliphatic heterocycles. The number of anilines is 1. The number of aryl methyl sites for hydroxylation is 1. The van der Waals surface area contributed by atoms with Crippen LogP contribution in [0, 0.1) is 12.7 Å². The Labute approximate surface area is 149 Å². The highest BCUT2D eigenvalue weighted by atomic mass is 35.5. The maximum Gasteiger partial charge on any atom is 0.133 e. The minimum atomic E-state index is -0.358. The van der Waals surface area contributed by atoms with E-state index in [-0.39, 0.29) is 5.82 Å². The van der Waals surface area contributed by atoms with E-state index in [4.69, 9.17) is 28.3 Å². The highest BCUT2D eigenvalue weighted by molar-refractivity contribution is 6.33. The Balaban J connectivity index is 1.94. The SMILES string of the molecule is Cc1ccc(Cl)cc1-n1nc(-c2ccc(F)cc2Cl)c2c1NCC2. The summed E-state index contributed by atoms with van der Waals surface area (Å²) in [6.45, 7) is 2.85. The van der Waals surface area contributed by atoms with Gasteiger partial charge in [0.1, 0.15) is 11.6 Å². The molecule has 0 unspecified atom stereocenters. The van der Waals surface area contributed by atoms with E-state index in [0.29, 0.717) is 10.0 Å². The van der Waals surface area contributed by atoms with E-state index in [0.717, 1.165) is 46.9 Å². The lowest BCUT2D eigenvalue weighted by Crippen LogP contribution is -2.05. The first-order chi connectivity index (χ1) is 11.5. The molecule has 24 heavy (non-hydrogen) atoms. The Kier molecular flexibility index (Phi) is 3.74. The zero-order valence-electron chi connectivity index (χ0n) is 12.9. The topological polar surface area (TPSA) is 29.9 Å². The zero-order valence-corrected chi connectivity index (χ0v) is 14.4. The maximum atomic E-state index is 13.4. The normalized spacial score (nSPS) is 13.0. The number of halogens is 3. The Bertz CT molecular complexity index is 950. The van der Waals surface area contributed by atoms with Gasteiger partial charge in [0.15, 0.2) is 0 Å². The summed E-state index contributed by atoms with van der Waals surface area (Å²) in [6.07, 6.45) is 0.845. The second kappa shape index (κ2) is 5.80. The molecule has 2 heterocycles. The predicted octanol–water partition coefficient (Wildman–Crippen LogP) is 5.26. The standard InChI is InChI=1S/C18H14Cl2FN3/c1-10-2-3-11(19)8-16(10)24-18-14(6-7-22-18)17(23-24)13-5-4-12(21)9-15(13)20/h2-5,8-9,22H,6-7H2,1H3. The molecule has 2 aromatic carbocycles. The lowest BCUT2D eigenvalue weighted by atomic mass is 10.1. The number of fused-ring (bicyclic) bond motifs is 1. The van der Waals surface area contributed by atoms with Crippen LogP contribution in [0.5, 0.6) is 0 Å². The van der Waals surface area contributed by atoms with Crippen LogP contribution >= 0.6 is 23.2 Å². The average Bonchev–Trinajstić information content (AvgIpc) is 3.13. The van der Waals surface area contributed by atoms with E-state index in [1.165, 1.54) is 12.1 Å². The van der Waals surface area contributed by atoms with Gasteiger partial charge in [-0.25, -0.2) is 9.07 Å². The van der Waals surface area contributed by atoms with Gasteiger partial charge in [-0.2, -0.15) is 5.10 Å². The summed E-state index contributed by atoms with van der Waals surface area (Å²) < 4.78 is 15.2. The lowest BCUT2D eigenvalue weighted by Gasteiger charge is -2.10. The van der Waals surface area contributed by atoms with Gasteiger partial charge < -0.3 is 5.32 Å². The van der Waals surface area contributed by atoms with Crippen molar-refractivity contribution < 1.29 is 4.39 Å². The van der Waals surface area contributed by atoms with Crippen molar-refractivity contribution in [1.82, 2.24) is 9.78 Å². The molecule has 4 rings (SSSR count). The van der Waals surface area contributed by atoms with E-state index in [9.17, 15) is 4.39 Å². The summed E-state index contributed by atoms with van der Waals surface area (Å²) in [5.74, 6) is 0.583. The van der Waals surface area contributed by atoms with Gasteiger partial charge in [0.25, 0.3) is 0 Å². The molecule has 3 aromatic rings.